The molecule has 1 fully saturated rings. The molecule has 1 atom stereocenters. The molecular formula is C26H39BINO6. The molecule has 1 aliphatic heterocycles. The maximum absolute atomic E-state index is 13.4. The summed E-state index contributed by atoms with van der Waals surface area (Å²) in [6.07, 6.45) is 3.11. The van der Waals surface area contributed by atoms with Crippen molar-refractivity contribution in [1.29, 1.82) is 0 Å². The van der Waals surface area contributed by atoms with Gasteiger partial charge >= 0.3 is 19.2 Å². The zero-order valence-electron chi connectivity index (χ0n) is 21.7. The number of esters is 1. The first-order valence-electron chi connectivity index (χ1n) is 12.2. The van der Waals surface area contributed by atoms with Crippen LogP contribution in [0, 0.1) is 0 Å². The van der Waals surface area contributed by atoms with Gasteiger partial charge in [0, 0.05) is 0 Å². The van der Waals surface area contributed by atoms with Crippen molar-refractivity contribution in [1.82, 2.24) is 5.32 Å². The molecule has 1 saturated heterocycles. The van der Waals surface area contributed by atoms with Gasteiger partial charge in [0.2, 0.25) is 0 Å². The third-order valence-electron chi connectivity index (χ3n) is 5.75. The molecule has 1 heterocycles. The van der Waals surface area contributed by atoms with E-state index < -0.39 is 28.8 Å². The van der Waals surface area contributed by atoms with E-state index in [2.05, 4.69) is 34.5 Å². The molecular weight excluding hydrogens is 560 g/mol. The van der Waals surface area contributed by atoms with Crippen LogP contribution in [0.4, 0.5) is 4.79 Å². The molecule has 9 heteroatoms. The van der Waals surface area contributed by atoms with Crippen LogP contribution in [0.2, 0.25) is 6.32 Å². The Hall–Kier alpha value is -1.75. The third-order valence-corrected chi connectivity index (χ3v) is 6.51. The second-order valence-corrected chi connectivity index (χ2v) is 11.5. The standard InChI is InChI=1S/C26H39BINO6/c1-20-25(5,6)35-27(34-20)17-11-10-15-26(16-12-18-28,22(30)33-24(2,3)4)29-23(31)32-19-21-13-8-7-9-14-21/h7-9,13-14H,1,10-12,15-19H2,2-6H3,(H,29,31). The van der Waals surface area contributed by atoms with E-state index in [0.29, 0.717) is 31.3 Å². The predicted octanol–water partition coefficient (Wildman–Crippen LogP) is 6.21. The van der Waals surface area contributed by atoms with Gasteiger partial charge in [0.25, 0.3) is 0 Å². The first-order valence-corrected chi connectivity index (χ1v) is 13.7. The van der Waals surface area contributed by atoms with E-state index in [0.717, 1.165) is 22.8 Å². The fourth-order valence-corrected chi connectivity index (χ4v) is 4.16. The summed E-state index contributed by atoms with van der Waals surface area (Å²) < 4.78 is 23.7. The smallest absolute Gasteiger partial charge is 0.525 e. The van der Waals surface area contributed by atoms with Gasteiger partial charge in [-0.05, 0) is 70.2 Å². The highest BCUT2D eigenvalue weighted by Gasteiger charge is 2.44. The number of alkyl carbamates (subject to hydrolysis) is 1. The lowest BCUT2D eigenvalue weighted by Gasteiger charge is -2.35. The maximum atomic E-state index is 13.4. The van der Waals surface area contributed by atoms with Gasteiger partial charge in [-0.25, -0.2) is 9.59 Å². The zero-order chi connectivity index (χ0) is 26.1. The number of halogens is 1. The largest absolute Gasteiger partial charge is 0.537 e. The van der Waals surface area contributed by atoms with Gasteiger partial charge in [-0.1, -0.05) is 72.3 Å². The summed E-state index contributed by atoms with van der Waals surface area (Å²) in [6.45, 7) is 13.4. The van der Waals surface area contributed by atoms with E-state index in [1.54, 1.807) is 0 Å². The van der Waals surface area contributed by atoms with E-state index in [-0.39, 0.29) is 13.7 Å². The molecule has 35 heavy (non-hydrogen) atoms. The van der Waals surface area contributed by atoms with Crippen LogP contribution in [-0.4, -0.2) is 40.3 Å². The molecule has 1 N–H and O–H groups in total. The highest BCUT2D eigenvalue weighted by molar-refractivity contribution is 14.1. The van der Waals surface area contributed by atoms with Gasteiger partial charge < -0.3 is 24.1 Å². The normalized spacial score (nSPS) is 16.9. The Balaban J connectivity index is 2.08. The van der Waals surface area contributed by atoms with Gasteiger partial charge in [0.05, 0.1) is 5.76 Å². The number of benzene rings is 1. The second kappa shape index (κ2) is 13.0. The summed E-state index contributed by atoms with van der Waals surface area (Å²) in [5.74, 6) is 0.185. The lowest BCUT2D eigenvalue weighted by molar-refractivity contribution is -0.164. The summed E-state index contributed by atoms with van der Waals surface area (Å²) >= 11 is 2.28. The Morgan fingerprint density at radius 3 is 2.34 bits per heavy atom. The van der Waals surface area contributed by atoms with E-state index in [1.165, 1.54) is 0 Å². The Morgan fingerprint density at radius 1 is 1.11 bits per heavy atom. The molecule has 0 spiro atoms. The minimum atomic E-state index is -1.17. The highest BCUT2D eigenvalue weighted by atomic mass is 127. The molecule has 2 rings (SSSR count). The number of alkyl halides is 1. The van der Waals surface area contributed by atoms with Gasteiger partial charge in [0.1, 0.15) is 23.3 Å². The molecule has 0 saturated carbocycles. The van der Waals surface area contributed by atoms with Crippen molar-refractivity contribution in [2.45, 2.75) is 96.4 Å². The Bertz CT molecular complexity index is 857. The second-order valence-electron chi connectivity index (χ2n) is 10.4. The number of ether oxygens (including phenoxy) is 2. The fourth-order valence-electron chi connectivity index (χ4n) is 3.78. The summed E-state index contributed by atoms with van der Waals surface area (Å²) in [5.41, 5.74) is -1.49. The Labute approximate surface area is 224 Å². The van der Waals surface area contributed by atoms with Crippen LogP contribution >= 0.6 is 22.6 Å². The average molecular weight is 599 g/mol. The van der Waals surface area contributed by atoms with Crippen molar-refractivity contribution >= 4 is 41.8 Å². The third kappa shape index (κ3) is 9.67. The zero-order valence-corrected chi connectivity index (χ0v) is 23.8. The number of nitrogens with one attached hydrogen (secondary N) is 1. The van der Waals surface area contributed by atoms with Gasteiger partial charge in [-0.2, -0.15) is 0 Å². The van der Waals surface area contributed by atoms with Crippen LogP contribution in [0.1, 0.15) is 72.3 Å². The number of hydrogen-bond donors (Lipinski definition) is 1. The molecule has 0 radical (unpaired) electrons. The molecule has 194 valence electrons. The Morgan fingerprint density at radius 2 is 1.77 bits per heavy atom. The average Bonchev–Trinajstić information content (AvgIpc) is 3.04. The number of amides is 1. The summed E-state index contributed by atoms with van der Waals surface area (Å²) in [5, 5.41) is 2.89. The van der Waals surface area contributed by atoms with Crippen molar-refractivity contribution in [2.24, 2.45) is 0 Å². The number of carbonyl (C=O) groups excluding carboxylic acids is 2. The molecule has 1 aromatic rings. The highest BCUT2D eigenvalue weighted by Crippen LogP contribution is 2.32. The van der Waals surface area contributed by atoms with Gasteiger partial charge in [-0.15, -0.1) is 0 Å². The number of carbonyl (C=O) groups is 2. The maximum Gasteiger partial charge on any atom is 0.525 e. The number of rotatable bonds is 12. The lowest BCUT2D eigenvalue weighted by Crippen LogP contribution is -2.56. The summed E-state index contributed by atoms with van der Waals surface area (Å²) in [6, 6.07) is 9.44. The van der Waals surface area contributed by atoms with Crippen LogP contribution in [0.5, 0.6) is 0 Å². The molecule has 0 aliphatic carbocycles. The van der Waals surface area contributed by atoms with Crippen LogP contribution in [0.25, 0.3) is 0 Å². The number of unbranched alkanes of at least 4 members (excludes halogenated alkanes) is 1. The molecule has 1 unspecified atom stereocenters. The first kappa shape index (κ1) is 29.5. The van der Waals surface area contributed by atoms with E-state index >= 15 is 0 Å². The van der Waals surface area contributed by atoms with E-state index in [1.807, 2.05) is 65.0 Å². The molecule has 1 aliphatic rings. The minimum Gasteiger partial charge on any atom is -0.537 e. The SMILES string of the molecule is C=C1OB(CCCCC(CCCI)(NC(=O)OCc2ccccc2)C(=O)OC(C)(C)C)OC1(C)C. The monoisotopic (exact) mass is 599 g/mol. The van der Waals surface area contributed by atoms with Crippen LogP contribution in [0.15, 0.2) is 42.7 Å². The van der Waals surface area contributed by atoms with Crippen molar-refractivity contribution < 1.29 is 28.4 Å². The van der Waals surface area contributed by atoms with E-state index in [9.17, 15) is 9.59 Å². The lowest BCUT2D eigenvalue weighted by atomic mass is 9.80. The fraction of sp³-hybridized carbons (Fsp3) is 0.615. The molecule has 7 nitrogen and oxygen atoms in total. The van der Waals surface area contributed by atoms with Crippen molar-refractivity contribution in [3.63, 3.8) is 0 Å². The topological polar surface area (TPSA) is 83.1 Å². The predicted molar refractivity (Wildman–Crippen MR) is 146 cm³/mol. The van der Waals surface area contributed by atoms with Crippen molar-refractivity contribution in [2.75, 3.05) is 4.43 Å². The molecule has 1 amide bonds. The van der Waals surface area contributed by atoms with Crippen LogP contribution < -0.4 is 5.32 Å². The van der Waals surface area contributed by atoms with Crippen LogP contribution in [0.3, 0.4) is 0 Å². The minimum absolute atomic E-state index is 0.124. The van der Waals surface area contributed by atoms with Gasteiger partial charge in [0.15, 0.2) is 0 Å². The molecule has 0 aromatic heterocycles. The number of hydrogen-bond acceptors (Lipinski definition) is 6. The van der Waals surface area contributed by atoms with Crippen LogP contribution in [-0.2, 0) is 30.2 Å². The van der Waals surface area contributed by atoms with E-state index in [4.69, 9.17) is 18.8 Å². The van der Waals surface area contributed by atoms with Crippen molar-refractivity contribution in [3.05, 3.63) is 48.2 Å². The molecule has 0 bridgehead atoms. The van der Waals surface area contributed by atoms with Crippen molar-refractivity contribution in [3.8, 4) is 0 Å². The molecule has 1 aromatic carbocycles. The van der Waals surface area contributed by atoms with Gasteiger partial charge in [-0.3, -0.25) is 0 Å². The first-order chi connectivity index (χ1) is 16.4. The summed E-state index contributed by atoms with van der Waals surface area (Å²) in [4.78, 5) is 26.2. The quantitative estimate of drug-likeness (QED) is 0.101. The summed E-state index contributed by atoms with van der Waals surface area (Å²) in [7, 11) is -0.355. The Kier molecular flexibility index (Phi) is 10.9.